The molecule has 112 valence electrons. The van der Waals surface area contributed by atoms with E-state index in [2.05, 4.69) is 0 Å². The van der Waals surface area contributed by atoms with Crippen LogP contribution in [-0.2, 0) is 10.0 Å². The Balaban J connectivity index is 2.15. The molecule has 0 aromatic heterocycles. The smallest absolute Gasteiger partial charge is 0.243 e. The first kappa shape index (κ1) is 14.7. The number of hydrogen-bond donors (Lipinski definition) is 1. The quantitative estimate of drug-likeness (QED) is 0.863. The minimum Gasteiger partial charge on any atom is -0.399 e. The highest BCUT2D eigenvalue weighted by atomic mass is 32.2. The molecule has 2 aromatic rings. The van der Waals surface area contributed by atoms with Gasteiger partial charge < -0.3 is 5.73 Å². The molecular formula is C15H18N2O2S2. The normalized spacial score (nSPS) is 20.7. The number of sulfonamides is 1. The van der Waals surface area contributed by atoms with Gasteiger partial charge in [-0.3, -0.25) is 0 Å². The summed E-state index contributed by atoms with van der Waals surface area (Å²) in [6.07, 6.45) is 0. The molecule has 0 radical (unpaired) electrons. The lowest BCUT2D eigenvalue weighted by Gasteiger charge is -2.32. The third kappa shape index (κ3) is 2.63. The van der Waals surface area contributed by atoms with Crippen molar-refractivity contribution in [2.24, 2.45) is 0 Å². The predicted octanol–water partition coefficient (Wildman–Crippen LogP) is 2.55. The van der Waals surface area contributed by atoms with Crippen LogP contribution in [0.25, 0.3) is 10.8 Å². The zero-order valence-corrected chi connectivity index (χ0v) is 13.5. The van der Waals surface area contributed by atoms with Gasteiger partial charge in [-0.2, -0.15) is 16.1 Å². The van der Waals surface area contributed by atoms with Crippen molar-refractivity contribution in [3.63, 3.8) is 0 Å². The summed E-state index contributed by atoms with van der Waals surface area (Å²) in [5, 5.41) is 1.59. The Kier molecular flexibility index (Phi) is 3.86. The monoisotopic (exact) mass is 322 g/mol. The van der Waals surface area contributed by atoms with Crippen LogP contribution >= 0.6 is 11.8 Å². The maximum atomic E-state index is 13.0. The van der Waals surface area contributed by atoms with Crippen molar-refractivity contribution in [1.29, 1.82) is 0 Å². The second-order valence-electron chi connectivity index (χ2n) is 5.28. The first-order valence-corrected chi connectivity index (χ1v) is 9.47. The molecule has 0 saturated carbocycles. The molecule has 3 rings (SSSR count). The molecule has 0 bridgehead atoms. The molecular weight excluding hydrogens is 304 g/mol. The largest absolute Gasteiger partial charge is 0.399 e. The van der Waals surface area contributed by atoms with Gasteiger partial charge in [-0.15, -0.1) is 0 Å². The third-order valence-corrected chi connectivity index (χ3v) is 7.02. The molecule has 1 unspecified atom stereocenters. The fourth-order valence-corrected chi connectivity index (χ4v) is 5.76. The highest BCUT2D eigenvalue weighted by Gasteiger charge is 2.32. The van der Waals surface area contributed by atoms with E-state index < -0.39 is 10.0 Å². The molecule has 1 atom stereocenters. The van der Waals surface area contributed by atoms with Gasteiger partial charge in [-0.25, -0.2) is 8.42 Å². The van der Waals surface area contributed by atoms with Gasteiger partial charge in [0.05, 0.1) is 4.90 Å². The molecule has 6 heteroatoms. The summed E-state index contributed by atoms with van der Waals surface area (Å²) < 4.78 is 27.6. The number of nitrogen functional groups attached to an aromatic ring is 1. The summed E-state index contributed by atoms with van der Waals surface area (Å²) in [5.74, 6) is 1.69. The van der Waals surface area contributed by atoms with Crippen molar-refractivity contribution in [3.05, 3.63) is 36.4 Å². The lowest BCUT2D eigenvalue weighted by Crippen LogP contribution is -2.44. The summed E-state index contributed by atoms with van der Waals surface area (Å²) in [6.45, 7) is 2.53. The first-order valence-electron chi connectivity index (χ1n) is 6.88. The lowest BCUT2D eigenvalue weighted by molar-refractivity contribution is 0.368. The average molecular weight is 322 g/mol. The van der Waals surface area contributed by atoms with Gasteiger partial charge in [0.15, 0.2) is 0 Å². The van der Waals surface area contributed by atoms with Gasteiger partial charge in [-0.05, 0) is 30.5 Å². The summed E-state index contributed by atoms with van der Waals surface area (Å²) >= 11 is 1.80. The minimum atomic E-state index is -3.47. The Morgan fingerprint density at radius 1 is 1.29 bits per heavy atom. The number of thioether (sulfide) groups is 1. The van der Waals surface area contributed by atoms with E-state index in [4.69, 9.17) is 5.73 Å². The maximum Gasteiger partial charge on any atom is 0.243 e. The van der Waals surface area contributed by atoms with Crippen LogP contribution in [0, 0.1) is 0 Å². The van der Waals surface area contributed by atoms with Crippen molar-refractivity contribution in [3.8, 4) is 0 Å². The zero-order valence-electron chi connectivity index (χ0n) is 11.8. The Labute approximate surface area is 129 Å². The maximum absolute atomic E-state index is 13.0. The number of rotatable bonds is 2. The summed E-state index contributed by atoms with van der Waals surface area (Å²) in [4.78, 5) is 0.374. The van der Waals surface area contributed by atoms with Crippen LogP contribution in [0.4, 0.5) is 5.69 Å². The number of hydrogen-bond acceptors (Lipinski definition) is 4. The molecule has 4 nitrogen and oxygen atoms in total. The van der Waals surface area contributed by atoms with E-state index in [1.54, 1.807) is 40.3 Å². The predicted molar refractivity (Wildman–Crippen MR) is 89.0 cm³/mol. The van der Waals surface area contributed by atoms with E-state index in [1.165, 1.54) is 0 Å². The van der Waals surface area contributed by atoms with Crippen LogP contribution in [0.5, 0.6) is 0 Å². The number of nitrogens with two attached hydrogens (primary N) is 1. The van der Waals surface area contributed by atoms with Crippen LogP contribution in [0.1, 0.15) is 6.92 Å². The van der Waals surface area contributed by atoms with E-state index in [0.29, 0.717) is 17.1 Å². The molecule has 1 aliphatic rings. The Morgan fingerprint density at radius 2 is 2.10 bits per heavy atom. The van der Waals surface area contributed by atoms with E-state index >= 15 is 0 Å². The van der Waals surface area contributed by atoms with E-state index in [0.717, 1.165) is 22.3 Å². The SMILES string of the molecule is CC1CSCCN1S(=O)(=O)c1cccc2cc(N)ccc12. The van der Waals surface area contributed by atoms with Crippen LogP contribution in [0.3, 0.4) is 0 Å². The van der Waals surface area contributed by atoms with Gasteiger partial charge in [0, 0.05) is 35.2 Å². The summed E-state index contributed by atoms with van der Waals surface area (Å²) in [6, 6.07) is 10.7. The zero-order chi connectivity index (χ0) is 15.0. The summed E-state index contributed by atoms with van der Waals surface area (Å²) in [5.41, 5.74) is 6.42. The number of anilines is 1. The van der Waals surface area contributed by atoms with E-state index in [1.807, 2.05) is 19.1 Å². The van der Waals surface area contributed by atoms with Crippen molar-refractivity contribution >= 4 is 38.2 Å². The third-order valence-electron chi connectivity index (χ3n) is 3.76. The standard InChI is InChI=1S/C15H18N2O2S2/c1-11-10-20-8-7-17(11)21(18,19)15-4-2-3-12-9-13(16)5-6-14(12)15/h2-6,9,11H,7-8,10,16H2,1H3. The van der Waals surface area contributed by atoms with Gasteiger partial charge in [0.2, 0.25) is 10.0 Å². The molecule has 2 aromatic carbocycles. The van der Waals surface area contributed by atoms with Gasteiger partial charge in [0.25, 0.3) is 0 Å². The molecule has 21 heavy (non-hydrogen) atoms. The number of nitrogens with zero attached hydrogens (tertiary/aromatic N) is 1. The molecule has 2 N–H and O–H groups in total. The highest BCUT2D eigenvalue weighted by Crippen LogP contribution is 2.30. The van der Waals surface area contributed by atoms with Gasteiger partial charge in [-0.1, -0.05) is 18.2 Å². The molecule has 0 aliphatic carbocycles. The lowest BCUT2D eigenvalue weighted by atomic mass is 10.1. The van der Waals surface area contributed by atoms with E-state index in [-0.39, 0.29) is 6.04 Å². The van der Waals surface area contributed by atoms with Gasteiger partial charge in [0.1, 0.15) is 0 Å². The molecule has 1 aliphatic heterocycles. The van der Waals surface area contributed by atoms with Crippen LogP contribution in [-0.4, -0.2) is 36.8 Å². The fourth-order valence-electron chi connectivity index (χ4n) is 2.69. The minimum absolute atomic E-state index is 0.0257. The van der Waals surface area contributed by atoms with Crippen molar-refractivity contribution < 1.29 is 8.42 Å². The number of fused-ring (bicyclic) bond motifs is 1. The van der Waals surface area contributed by atoms with Crippen LogP contribution in [0.15, 0.2) is 41.3 Å². The Morgan fingerprint density at radius 3 is 2.86 bits per heavy atom. The average Bonchev–Trinajstić information content (AvgIpc) is 2.46. The molecule has 1 heterocycles. The Bertz CT molecular complexity index is 774. The second-order valence-corrected chi connectivity index (χ2v) is 8.29. The molecule has 1 fully saturated rings. The fraction of sp³-hybridized carbons (Fsp3) is 0.333. The van der Waals surface area contributed by atoms with Gasteiger partial charge >= 0.3 is 0 Å². The summed E-state index contributed by atoms with van der Waals surface area (Å²) in [7, 11) is -3.47. The molecule has 0 amide bonds. The van der Waals surface area contributed by atoms with Crippen LogP contribution in [0.2, 0.25) is 0 Å². The van der Waals surface area contributed by atoms with Crippen molar-refractivity contribution in [2.75, 3.05) is 23.8 Å². The molecule has 1 saturated heterocycles. The number of benzene rings is 2. The molecule has 0 spiro atoms. The van der Waals surface area contributed by atoms with Crippen molar-refractivity contribution in [1.82, 2.24) is 4.31 Å². The first-order chi connectivity index (χ1) is 10.00. The highest BCUT2D eigenvalue weighted by molar-refractivity contribution is 7.99. The second kappa shape index (κ2) is 5.51. The Hall–Kier alpha value is -1.24. The van der Waals surface area contributed by atoms with Crippen molar-refractivity contribution in [2.45, 2.75) is 17.9 Å². The van der Waals surface area contributed by atoms with Crippen LogP contribution < -0.4 is 5.73 Å². The topological polar surface area (TPSA) is 63.4 Å². The van der Waals surface area contributed by atoms with E-state index in [9.17, 15) is 8.42 Å².